The molecule has 0 saturated carbocycles. The van der Waals surface area contributed by atoms with E-state index in [0.29, 0.717) is 0 Å². The third-order valence-corrected chi connectivity index (χ3v) is 15.1. The van der Waals surface area contributed by atoms with Crippen molar-refractivity contribution in [2.24, 2.45) is 0 Å². The van der Waals surface area contributed by atoms with Gasteiger partial charge in [0.1, 0.15) is 11.2 Å². The lowest BCUT2D eigenvalue weighted by Crippen LogP contribution is -2.17. The molecule has 0 N–H and O–H groups in total. The molecule has 3 aliphatic carbocycles. The first-order valence-electron chi connectivity index (χ1n) is 21.5. The summed E-state index contributed by atoms with van der Waals surface area (Å²) < 4.78 is 6.77. The van der Waals surface area contributed by atoms with E-state index in [9.17, 15) is 0 Å². The van der Waals surface area contributed by atoms with Gasteiger partial charge in [0.05, 0.1) is 0 Å². The molecule has 0 fully saturated rings. The van der Waals surface area contributed by atoms with Gasteiger partial charge in [0.2, 0.25) is 0 Å². The largest absolute Gasteiger partial charge is 0.455 e. The molecule has 3 aliphatic rings. The number of benzene rings is 9. The van der Waals surface area contributed by atoms with E-state index < -0.39 is 0 Å². The molecule has 1 aromatic heterocycles. The molecule has 1 heteroatoms. The molecule has 0 saturated heterocycles. The highest BCUT2D eigenvalue weighted by atomic mass is 16.3. The molecule has 286 valence electrons. The van der Waals surface area contributed by atoms with Crippen LogP contribution in [0.1, 0.15) is 74.9 Å². The Bertz CT molecular complexity index is 3550. The zero-order valence-electron chi connectivity index (χ0n) is 34.9. The van der Waals surface area contributed by atoms with Crippen LogP contribution in [0.25, 0.3) is 99.1 Å². The molecule has 1 nitrogen and oxygen atoms in total. The van der Waals surface area contributed by atoms with Gasteiger partial charge in [-0.2, -0.15) is 0 Å². The molecule has 9 aromatic carbocycles. The predicted octanol–water partition coefficient (Wildman–Crippen LogP) is 16.1. The van der Waals surface area contributed by atoms with Crippen LogP contribution in [0.2, 0.25) is 0 Å². The van der Waals surface area contributed by atoms with Gasteiger partial charge in [-0.1, -0.05) is 163 Å². The van der Waals surface area contributed by atoms with Gasteiger partial charge in [-0.05, 0) is 141 Å². The quantitative estimate of drug-likeness (QED) is 0.171. The summed E-state index contributed by atoms with van der Waals surface area (Å²) in [6.45, 7) is 14.6. The second kappa shape index (κ2) is 11.3. The predicted molar refractivity (Wildman–Crippen MR) is 252 cm³/mol. The molecule has 0 bridgehead atoms. The molecule has 0 radical (unpaired) electrons. The maximum absolute atomic E-state index is 6.77. The molecule has 0 aliphatic heterocycles. The Balaban J connectivity index is 1.02. The second-order valence-corrected chi connectivity index (χ2v) is 19.2. The molecule has 10 aromatic rings. The van der Waals surface area contributed by atoms with Crippen LogP contribution in [-0.4, -0.2) is 0 Å². The van der Waals surface area contributed by atoms with Crippen molar-refractivity contribution in [3.05, 3.63) is 191 Å². The molecule has 0 atom stereocenters. The fraction of sp³-hybridized carbons (Fsp3) is 0.153. The van der Waals surface area contributed by atoms with Crippen molar-refractivity contribution in [1.29, 1.82) is 0 Å². The fourth-order valence-electron chi connectivity index (χ4n) is 11.9. The van der Waals surface area contributed by atoms with E-state index in [1.807, 2.05) is 0 Å². The van der Waals surface area contributed by atoms with Crippen molar-refractivity contribution >= 4 is 43.5 Å². The minimum absolute atomic E-state index is 0.0928. The standard InChI is InChI=1S/C59H44O/c1-57(2)46-27-26-34-18-10-11-19-35(34)53(46)44-31-47-42(29-49(44)57)43-30-50-45(32-48(43)58(47,3)4)54-38-21-13-12-20-37(38)41(28-51(54)59(50,5)6)39-23-15-25-52-55(39)40-24-14-22-36(56(40)60-52)33-16-8-7-9-17-33/h7-32H,1-6H3. The molecule has 1 heterocycles. The Hall–Kier alpha value is -6.70. The van der Waals surface area contributed by atoms with Gasteiger partial charge in [0.15, 0.2) is 0 Å². The highest BCUT2D eigenvalue weighted by Crippen LogP contribution is 2.61. The number of para-hydroxylation sites is 1. The van der Waals surface area contributed by atoms with Crippen molar-refractivity contribution < 1.29 is 4.42 Å². The maximum atomic E-state index is 6.77. The smallest absolute Gasteiger partial charge is 0.143 e. The minimum atomic E-state index is -0.219. The molecule has 0 unspecified atom stereocenters. The summed E-state index contributed by atoms with van der Waals surface area (Å²) >= 11 is 0. The first-order chi connectivity index (χ1) is 29.0. The van der Waals surface area contributed by atoms with Crippen LogP contribution in [0.15, 0.2) is 162 Å². The van der Waals surface area contributed by atoms with Crippen LogP contribution < -0.4 is 0 Å². The van der Waals surface area contributed by atoms with Gasteiger partial charge in [-0.25, -0.2) is 0 Å². The van der Waals surface area contributed by atoms with Crippen LogP contribution in [0.4, 0.5) is 0 Å². The summed E-state index contributed by atoms with van der Waals surface area (Å²) in [5, 5.41) is 7.57. The molecule has 0 spiro atoms. The summed E-state index contributed by atoms with van der Waals surface area (Å²) in [7, 11) is 0. The highest BCUT2D eigenvalue weighted by Gasteiger charge is 2.45. The summed E-state index contributed by atoms with van der Waals surface area (Å²) in [4.78, 5) is 0. The van der Waals surface area contributed by atoms with Crippen molar-refractivity contribution in [2.75, 3.05) is 0 Å². The van der Waals surface area contributed by atoms with Crippen molar-refractivity contribution in [3.8, 4) is 55.6 Å². The lowest BCUT2D eigenvalue weighted by Gasteiger charge is -2.25. The van der Waals surface area contributed by atoms with E-state index in [2.05, 4.69) is 199 Å². The summed E-state index contributed by atoms with van der Waals surface area (Å²) in [6, 6.07) is 59.3. The Morgan fingerprint density at radius 3 is 1.58 bits per heavy atom. The van der Waals surface area contributed by atoms with Crippen molar-refractivity contribution in [3.63, 3.8) is 0 Å². The Kier molecular flexibility index (Phi) is 6.45. The zero-order valence-corrected chi connectivity index (χ0v) is 34.9. The van der Waals surface area contributed by atoms with E-state index >= 15 is 0 Å². The molecule has 0 amide bonds. The number of furan rings is 1. The number of hydrogen-bond acceptors (Lipinski definition) is 1. The van der Waals surface area contributed by atoms with Gasteiger partial charge >= 0.3 is 0 Å². The van der Waals surface area contributed by atoms with Gasteiger partial charge in [0.25, 0.3) is 0 Å². The average molecular weight is 769 g/mol. The SMILES string of the molecule is CC1(C)c2cc3c(cc2-c2cc4c(cc21)-c1c(cc(-c2cccc5oc6c(-c7ccccc7)cccc6c25)c2ccccc12)C4(C)C)C(C)(C)c1ccc2ccccc2c1-3. The third kappa shape index (κ3) is 4.18. The van der Waals surface area contributed by atoms with Crippen LogP contribution in [0.5, 0.6) is 0 Å². The Morgan fingerprint density at radius 1 is 0.333 bits per heavy atom. The molecular weight excluding hydrogens is 725 g/mol. The van der Waals surface area contributed by atoms with E-state index in [-0.39, 0.29) is 16.2 Å². The lowest BCUT2D eigenvalue weighted by atomic mass is 9.78. The van der Waals surface area contributed by atoms with Crippen LogP contribution in [0.3, 0.4) is 0 Å². The number of hydrogen-bond donors (Lipinski definition) is 0. The van der Waals surface area contributed by atoms with Crippen LogP contribution >= 0.6 is 0 Å². The monoisotopic (exact) mass is 768 g/mol. The van der Waals surface area contributed by atoms with E-state index in [1.54, 1.807) is 0 Å². The maximum Gasteiger partial charge on any atom is 0.143 e. The second-order valence-electron chi connectivity index (χ2n) is 19.2. The minimum Gasteiger partial charge on any atom is -0.455 e. The normalized spacial score (nSPS) is 15.9. The summed E-state index contributed by atoms with van der Waals surface area (Å²) in [6.07, 6.45) is 0. The fourth-order valence-corrected chi connectivity index (χ4v) is 11.9. The van der Waals surface area contributed by atoms with Gasteiger partial charge in [0, 0.05) is 32.6 Å². The van der Waals surface area contributed by atoms with E-state index in [4.69, 9.17) is 4.42 Å². The van der Waals surface area contributed by atoms with E-state index in [1.165, 1.54) is 105 Å². The van der Waals surface area contributed by atoms with Crippen LogP contribution in [-0.2, 0) is 16.2 Å². The van der Waals surface area contributed by atoms with Gasteiger partial charge in [-0.3, -0.25) is 0 Å². The topological polar surface area (TPSA) is 13.1 Å². The average Bonchev–Trinajstić information content (AvgIpc) is 3.91. The summed E-state index contributed by atoms with van der Waals surface area (Å²) in [5.41, 5.74) is 23.0. The zero-order chi connectivity index (χ0) is 40.4. The summed E-state index contributed by atoms with van der Waals surface area (Å²) in [5.74, 6) is 0. The first-order valence-corrected chi connectivity index (χ1v) is 21.5. The first kappa shape index (κ1) is 34.2. The number of fused-ring (bicyclic) bond motifs is 16. The van der Waals surface area contributed by atoms with Crippen molar-refractivity contribution in [2.45, 2.75) is 57.8 Å². The third-order valence-electron chi connectivity index (χ3n) is 15.1. The molecule has 13 rings (SSSR count). The molecular formula is C59H44O. The van der Waals surface area contributed by atoms with E-state index in [0.717, 1.165) is 27.7 Å². The highest BCUT2D eigenvalue weighted by molar-refractivity contribution is 6.19. The molecule has 60 heavy (non-hydrogen) atoms. The van der Waals surface area contributed by atoms with Gasteiger partial charge in [-0.15, -0.1) is 0 Å². The number of rotatable bonds is 2. The lowest BCUT2D eigenvalue weighted by molar-refractivity contribution is 0.649. The van der Waals surface area contributed by atoms with Gasteiger partial charge < -0.3 is 4.42 Å². The Labute approximate surface area is 351 Å². The Morgan fingerprint density at radius 2 is 0.850 bits per heavy atom. The van der Waals surface area contributed by atoms with Crippen molar-refractivity contribution in [1.82, 2.24) is 0 Å². The van der Waals surface area contributed by atoms with Crippen LogP contribution in [0, 0.1) is 0 Å².